The first-order chi connectivity index (χ1) is 7.69. The van der Waals surface area contributed by atoms with E-state index >= 15 is 0 Å². The first-order valence-corrected chi connectivity index (χ1v) is 6.66. The molecule has 0 heterocycles. The minimum atomic E-state index is 0.254. The van der Waals surface area contributed by atoms with Crippen LogP contribution in [0.3, 0.4) is 0 Å². The number of benzene rings is 1. The van der Waals surface area contributed by atoms with E-state index in [1.54, 1.807) is 0 Å². The second-order valence-electron chi connectivity index (χ2n) is 3.18. The lowest BCUT2D eigenvalue weighted by Gasteiger charge is -2.11. The summed E-state index contributed by atoms with van der Waals surface area (Å²) >= 11 is 6.94. The number of rotatable bonds is 6. The fourth-order valence-electron chi connectivity index (χ4n) is 1.25. The Balaban J connectivity index is 2.77. The molecule has 0 saturated heterocycles. The van der Waals surface area contributed by atoms with E-state index in [0.29, 0.717) is 13.2 Å². The van der Waals surface area contributed by atoms with Gasteiger partial charge in [0.15, 0.2) is 12.5 Å². The number of halogens is 2. The van der Waals surface area contributed by atoms with Crippen molar-refractivity contribution in [3.05, 3.63) is 26.6 Å². The van der Waals surface area contributed by atoms with Crippen molar-refractivity contribution in [3.8, 4) is 5.75 Å². The molecule has 0 amide bonds. The molecule has 0 aliphatic heterocycles. The SMILES string of the molecule is CCOCOc1c(Br)cc(CCN)cc1Br. The average Bonchev–Trinajstić information content (AvgIpc) is 2.23. The van der Waals surface area contributed by atoms with E-state index in [2.05, 4.69) is 31.9 Å². The van der Waals surface area contributed by atoms with Crippen molar-refractivity contribution < 1.29 is 9.47 Å². The summed E-state index contributed by atoms with van der Waals surface area (Å²) in [7, 11) is 0. The van der Waals surface area contributed by atoms with Crippen LogP contribution >= 0.6 is 31.9 Å². The summed E-state index contributed by atoms with van der Waals surface area (Å²) in [4.78, 5) is 0. The summed E-state index contributed by atoms with van der Waals surface area (Å²) in [5.41, 5.74) is 6.69. The van der Waals surface area contributed by atoms with E-state index < -0.39 is 0 Å². The van der Waals surface area contributed by atoms with Gasteiger partial charge in [0.1, 0.15) is 0 Å². The van der Waals surface area contributed by atoms with Gasteiger partial charge in [-0.3, -0.25) is 0 Å². The zero-order valence-electron chi connectivity index (χ0n) is 9.13. The van der Waals surface area contributed by atoms with Gasteiger partial charge in [-0.1, -0.05) is 0 Å². The zero-order valence-corrected chi connectivity index (χ0v) is 12.3. The fraction of sp³-hybridized carbons (Fsp3) is 0.455. The summed E-state index contributed by atoms with van der Waals surface area (Å²) in [6, 6.07) is 4.03. The zero-order chi connectivity index (χ0) is 12.0. The van der Waals surface area contributed by atoms with E-state index in [1.165, 1.54) is 5.56 Å². The van der Waals surface area contributed by atoms with Crippen LogP contribution in [-0.2, 0) is 11.2 Å². The maximum atomic E-state index is 5.52. The number of nitrogens with two attached hydrogens (primary N) is 1. The van der Waals surface area contributed by atoms with Crippen molar-refractivity contribution in [1.29, 1.82) is 0 Å². The van der Waals surface area contributed by atoms with Crippen molar-refractivity contribution in [2.45, 2.75) is 13.3 Å². The van der Waals surface area contributed by atoms with Crippen LogP contribution in [0.5, 0.6) is 5.75 Å². The number of hydrogen-bond acceptors (Lipinski definition) is 3. The first-order valence-electron chi connectivity index (χ1n) is 5.07. The molecule has 0 aliphatic carbocycles. The monoisotopic (exact) mass is 351 g/mol. The predicted octanol–water partition coefficient (Wildman–Crippen LogP) is 3.09. The number of ether oxygens (including phenoxy) is 2. The molecule has 0 atom stereocenters. The highest BCUT2D eigenvalue weighted by Gasteiger charge is 2.08. The molecule has 0 unspecified atom stereocenters. The molecule has 2 N–H and O–H groups in total. The first kappa shape index (κ1) is 14.0. The van der Waals surface area contributed by atoms with Gasteiger partial charge in [-0.05, 0) is 69.4 Å². The van der Waals surface area contributed by atoms with E-state index in [-0.39, 0.29) is 6.79 Å². The van der Waals surface area contributed by atoms with Gasteiger partial charge in [0.2, 0.25) is 0 Å². The Labute approximate surface area is 113 Å². The van der Waals surface area contributed by atoms with Gasteiger partial charge in [0.25, 0.3) is 0 Å². The van der Waals surface area contributed by atoms with Gasteiger partial charge < -0.3 is 15.2 Å². The second-order valence-corrected chi connectivity index (χ2v) is 4.89. The standard InChI is InChI=1S/C11H15Br2NO2/c1-2-15-7-16-11-9(12)5-8(3-4-14)6-10(11)13/h5-6H,2-4,7,14H2,1H3. The minimum Gasteiger partial charge on any atom is -0.465 e. The molecule has 0 radical (unpaired) electrons. The molecular weight excluding hydrogens is 338 g/mol. The molecule has 1 aromatic rings. The highest BCUT2D eigenvalue weighted by atomic mass is 79.9. The molecule has 0 aliphatic rings. The molecule has 0 spiro atoms. The van der Waals surface area contributed by atoms with Crippen molar-refractivity contribution in [1.82, 2.24) is 0 Å². The third-order valence-electron chi connectivity index (χ3n) is 1.98. The van der Waals surface area contributed by atoms with Crippen LogP contribution in [0.2, 0.25) is 0 Å². The molecule has 16 heavy (non-hydrogen) atoms. The van der Waals surface area contributed by atoms with Gasteiger partial charge in [0.05, 0.1) is 8.95 Å². The van der Waals surface area contributed by atoms with E-state index in [1.807, 2.05) is 19.1 Å². The fourth-order valence-corrected chi connectivity index (χ4v) is 2.76. The maximum Gasteiger partial charge on any atom is 0.189 e. The maximum absolute atomic E-state index is 5.52. The molecule has 0 aromatic heterocycles. The van der Waals surface area contributed by atoms with Crippen molar-refractivity contribution in [2.75, 3.05) is 19.9 Å². The highest BCUT2D eigenvalue weighted by molar-refractivity contribution is 9.11. The lowest BCUT2D eigenvalue weighted by molar-refractivity contribution is 0.0215. The van der Waals surface area contributed by atoms with Crippen LogP contribution in [0, 0.1) is 0 Å². The van der Waals surface area contributed by atoms with Crippen LogP contribution in [0.1, 0.15) is 12.5 Å². The normalized spacial score (nSPS) is 10.5. The van der Waals surface area contributed by atoms with Gasteiger partial charge in [-0.2, -0.15) is 0 Å². The lowest BCUT2D eigenvalue weighted by Crippen LogP contribution is -2.05. The predicted molar refractivity (Wildman–Crippen MR) is 71.7 cm³/mol. The Hall–Kier alpha value is -0.100. The van der Waals surface area contributed by atoms with Crippen LogP contribution in [-0.4, -0.2) is 19.9 Å². The summed E-state index contributed by atoms with van der Waals surface area (Å²) in [5, 5.41) is 0. The Bertz CT molecular complexity index is 322. The van der Waals surface area contributed by atoms with E-state index in [4.69, 9.17) is 15.2 Å². The molecule has 3 nitrogen and oxygen atoms in total. The Morgan fingerprint density at radius 2 is 1.88 bits per heavy atom. The van der Waals surface area contributed by atoms with E-state index in [0.717, 1.165) is 21.1 Å². The van der Waals surface area contributed by atoms with Crippen LogP contribution in [0.15, 0.2) is 21.1 Å². The summed E-state index contributed by atoms with van der Waals surface area (Å²) in [6.45, 7) is 3.46. The van der Waals surface area contributed by atoms with Crippen molar-refractivity contribution >= 4 is 31.9 Å². The van der Waals surface area contributed by atoms with Crippen molar-refractivity contribution in [2.24, 2.45) is 5.73 Å². The van der Waals surface area contributed by atoms with Crippen LogP contribution in [0.4, 0.5) is 0 Å². The van der Waals surface area contributed by atoms with Crippen LogP contribution < -0.4 is 10.5 Å². The smallest absolute Gasteiger partial charge is 0.189 e. The molecule has 1 aromatic carbocycles. The quantitative estimate of drug-likeness (QED) is 0.632. The third-order valence-corrected chi connectivity index (χ3v) is 3.16. The molecular formula is C11H15Br2NO2. The topological polar surface area (TPSA) is 44.5 Å². The summed E-state index contributed by atoms with van der Waals surface area (Å²) < 4.78 is 12.5. The summed E-state index contributed by atoms with van der Waals surface area (Å²) in [5.74, 6) is 0.759. The molecule has 1 rings (SSSR count). The molecule has 0 saturated carbocycles. The summed E-state index contributed by atoms with van der Waals surface area (Å²) in [6.07, 6.45) is 0.850. The lowest BCUT2D eigenvalue weighted by atomic mass is 10.1. The van der Waals surface area contributed by atoms with Gasteiger partial charge >= 0.3 is 0 Å². The van der Waals surface area contributed by atoms with Gasteiger partial charge in [-0.25, -0.2) is 0 Å². The Morgan fingerprint density at radius 3 is 2.38 bits per heavy atom. The Kier molecular flexibility index (Phi) is 6.34. The Morgan fingerprint density at radius 1 is 1.25 bits per heavy atom. The second kappa shape index (κ2) is 7.27. The largest absolute Gasteiger partial charge is 0.465 e. The minimum absolute atomic E-state index is 0.254. The molecule has 90 valence electrons. The average molecular weight is 353 g/mol. The van der Waals surface area contributed by atoms with E-state index in [9.17, 15) is 0 Å². The molecule has 0 bridgehead atoms. The highest BCUT2D eigenvalue weighted by Crippen LogP contribution is 2.34. The van der Waals surface area contributed by atoms with Gasteiger partial charge in [-0.15, -0.1) is 0 Å². The molecule has 5 heteroatoms. The van der Waals surface area contributed by atoms with Gasteiger partial charge in [0, 0.05) is 6.61 Å². The third kappa shape index (κ3) is 4.05. The van der Waals surface area contributed by atoms with Crippen LogP contribution in [0.25, 0.3) is 0 Å². The number of hydrogen-bond donors (Lipinski definition) is 1. The molecule has 0 fully saturated rings. The van der Waals surface area contributed by atoms with Crippen molar-refractivity contribution in [3.63, 3.8) is 0 Å².